The lowest BCUT2D eigenvalue weighted by Crippen LogP contribution is -2.24. The molecule has 0 aliphatic heterocycles. The first-order chi connectivity index (χ1) is 8.14. The fourth-order valence-corrected chi connectivity index (χ4v) is 1.39. The Morgan fingerprint density at radius 3 is 2.33 bits per heavy atom. The highest BCUT2D eigenvalue weighted by Crippen LogP contribution is 2.33. The zero-order valence-electron chi connectivity index (χ0n) is 9.44. The Morgan fingerprint density at radius 2 is 1.89 bits per heavy atom. The van der Waals surface area contributed by atoms with Gasteiger partial charge in [-0.1, -0.05) is 11.6 Å². The van der Waals surface area contributed by atoms with E-state index in [0.717, 1.165) is 6.07 Å². The molecule has 0 saturated carbocycles. The van der Waals surface area contributed by atoms with Gasteiger partial charge in [0.05, 0.1) is 16.7 Å². The molecule has 0 unspecified atom stereocenters. The summed E-state index contributed by atoms with van der Waals surface area (Å²) in [7, 11) is 0. The predicted octanol–water partition coefficient (Wildman–Crippen LogP) is 4.01. The fourth-order valence-electron chi connectivity index (χ4n) is 1.20. The number of ketones is 1. The van der Waals surface area contributed by atoms with E-state index in [-0.39, 0.29) is 5.02 Å². The topological polar surface area (TPSA) is 26.3 Å². The van der Waals surface area contributed by atoms with Crippen LogP contribution in [0.3, 0.4) is 0 Å². The van der Waals surface area contributed by atoms with Crippen LogP contribution in [0.5, 0.6) is 5.75 Å². The van der Waals surface area contributed by atoms with Crippen LogP contribution >= 0.6 is 11.6 Å². The van der Waals surface area contributed by atoms with Gasteiger partial charge in [0, 0.05) is 0 Å². The molecular formula is C11H9ClF4O2. The molecule has 1 aromatic carbocycles. The Hall–Kier alpha value is -1.30. The summed E-state index contributed by atoms with van der Waals surface area (Å²) in [6.07, 6.45) is -5.64. The molecule has 0 aliphatic carbocycles. The van der Waals surface area contributed by atoms with Crippen LogP contribution in [0.4, 0.5) is 17.6 Å². The average Bonchev–Trinajstić information content (AvgIpc) is 2.22. The van der Waals surface area contributed by atoms with Gasteiger partial charge in [-0.25, -0.2) is 4.39 Å². The third-order valence-corrected chi connectivity index (χ3v) is 2.20. The maximum Gasteiger partial charge on any atom is 0.454 e. The summed E-state index contributed by atoms with van der Waals surface area (Å²) in [4.78, 5) is 11.0. The molecule has 0 atom stereocenters. The Kier molecular flexibility index (Phi) is 4.21. The number of halogens is 5. The quantitative estimate of drug-likeness (QED) is 0.619. The monoisotopic (exact) mass is 284 g/mol. The minimum Gasteiger partial charge on any atom is -0.486 e. The first kappa shape index (κ1) is 14.8. The lowest BCUT2D eigenvalue weighted by molar-refractivity contribution is -0.0887. The van der Waals surface area contributed by atoms with Gasteiger partial charge in [0.1, 0.15) is 0 Å². The summed E-state index contributed by atoms with van der Waals surface area (Å²) in [5.74, 6) is -4.23. The van der Waals surface area contributed by atoms with Crippen molar-refractivity contribution in [2.24, 2.45) is 0 Å². The van der Waals surface area contributed by atoms with Crippen LogP contribution in [0.2, 0.25) is 5.02 Å². The Morgan fingerprint density at radius 1 is 1.33 bits per heavy atom. The van der Waals surface area contributed by atoms with Crippen molar-refractivity contribution in [2.45, 2.75) is 26.1 Å². The van der Waals surface area contributed by atoms with Gasteiger partial charge in [0.15, 0.2) is 11.6 Å². The van der Waals surface area contributed by atoms with Gasteiger partial charge < -0.3 is 4.74 Å². The largest absolute Gasteiger partial charge is 0.486 e. The van der Waals surface area contributed by atoms with Crippen LogP contribution in [0.25, 0.3) is 0 Å². The summed E-state index contributed by atoms with van der Waals surface area (Å²) in [5, 5.41) is -0.195. The number of Topliss-reactive ketones (excluding diaryl/α,β-unsaturated/α-hetero) is 1. The van der Waals surface area contributed by atoms with E-state index < -0.39 is 35.2 Å². The zero-order chi connectivity index (χ0) is 14.1. The van der Waals surface area contributed by atoms with Crippen molar-refractivity contribution in [2.75, 3.05) is 0 Å². The van der Waals surface area contributed by atoms with E-state index in [9.17, 15) is 22.4 Å². The van der Waals surface area contributed by atoms with Gasteiger partial charge >= 0.3 is 6.18 Å². The van der Waals surface area contributed by atoms with Crippen LogP contribution in [-0.2, 0) is 0 Å². The van der Waals surface area contributed by atoms with E-state index >= 15 is 0 Å². The lowest BCUT2D eigenvalue weighted by Gasteiger charge is -2.14. The van der Waals surface area contributed by atoms with Gasteiger partial charge in [0.25, 0.3) is 5.78 Å². The van der Waals surface area contributed by atoms with Crippen LogP contribution in [0.1, 0.15) is 24.2 Å². The molecular weight excluding hydrogens is 276 g/mol. The standard InChI is InChI=1S/C11H9ClF4O2/c1-5(2)18-9-7(12)4-3-6(8(9)13)10(17)11(14,15)16/h3-5H,1-2H3. The van der Waals surface area contributed by atoms with Crippen molar-refractivity contribution in [1.82, 2.24) is 0 Å². The predicted molar refractivity (Wildman–Crippen MR) is 57.6 cm³/mol. The molecule has 0 N–H and O–H groups in total. The normalized spacial score (nSPS) is 11.8. The van der Waals surface area contributed by atoms with Crippen LogP contribution in [0.15, 0.2) is 12.1 Å². The van der Waals surface area contributed by atoms with Crippen molar-refractivity contribution in [1.29, 1.82) is 0 Å². The SMILES string of the molecule is CC(C)Oc1c(Cl)ccc(C(=O)C(F)(F)F)c1F. The Bertz CT molecular complexity index is 469. The van der Waals surface area contributed by atoms with Crippen molar-refractivity contribution < 1.29 is 27.1 Å². The molecule has 0 aliphatic rings. The number of carbonyl (C=O) groups excluding carboxylic acids is 1. The van der Waals surface area contributed by atoms with Crippen molar-refractivity contribution in [3.05, 3.63) is 28.5 Å². The molecule has 1 aromatic rings. The van der Waals surface area contributed by atoms with E-state index in [4.69, 9.17) is 16.3 Å². The maximum absolute atomic E-state index is 13.7. The fraction of sp³-hybridized carbons (Fsp3) is 0.364. The number of carbonyl (C=O) groups is 1. The van der Waals surface area contributed by atoms with E-state index in [1.54, 1.807) is 13.8 Å². The molecule has 1 rings (SSSR count). The van der Waals surface area contributed by atoms with Crippen LogP contribution < -0.4 is 4.74 Å². The lowest BCUT2D eigenvalue weighted by atomic mass is 10.1. The molecule has 100 valence electrons. The number of rotatable bonds is 3. The van der Waals surface area contributed by atoms with Gasteiger partial charge in [-0.2, -0.15) is 13.2 Å². The summed E-state index contributed by atoms with van der Waals surface area (Å²) in [5.41, 5.74) is -1.11. The molecule has 7 heteroatoms. The minimum atomic E-state index is -5.15. The second kappa shape index (κ2) is 5.14. The molecule has 0 spiro atoms. The second-order valence-corrected chi connectivity index (χ2v) is 4.14. The second-order valence-electron chi connectivity index (χ2n) is 3.73. The molecule has 0 aromatic heterocycles. The summed E-state index contributed by atoms with van der Waals surface area (Å²) in [6, 6.07) is 1.67. The number of benzene rings is 1. The van der Waals surface area contributed by atoms with Crippen molar-refractivity contribution in [3.8, 4) is 5.75 Å². The van der Waals surface area contributed by atoms with Crippen LogP contribution in [-0.4, -0.2) is 18.1 Å². The van der Waals surface area contributed by atoms with Gasteiger partial charge in [0.2, 0.25) is 0 Å². The third-order valence-electron chi connectivity index (χ3n) is 1.90. The summed E-state index contributed by atoms with van der Waals surface area (Å²) in [6.45, 7) is 3.10. The van der Waals surface area contributed by atoms with Crippen molar-refractivity contribution >= 4 is 17.4 Å². The minimum absolute atomic E-state index is 0.195. The molecule has 0 radical (unpaired) electrons. The molecule has 0 bridgehead atoms. The molecule has 0 fully saturated rings. The first-order valence-electron chi connectivity index (χ1n) is 4.90. The highest BCUT2D eigenvalue weighted by Gasteiger charge is 2.41. The number of hydrogen-bond acceptors (Lipinski definition) is 2. The van der Waals surface area contributed by atoms with E-state index in [1.165, 1.54) is 0 Å². The highest BCUT2D eigenvalue weighted by molar-refractivity contribution is 6.32. The smallest absolute Gasteiger partial charge is 0.454 e. The van der Waals surface area contributed by atoms with Gasteiger partial charge in [-0.15, -0.1) is 0 Å². The number of ether oxygens (including phenoxy) is 1. The molecule has 0 heterocycles. The summed E-state index contributed by atoms with van der Waals surface area (Å²) >= 11 is 5.61. The van der Waals surface area contributed by atoms with Gasteiger partial charge in [-0.3, -0.25) is 4.79 Å². The molecule has 18 heavy (non-hydrogen) atoms. The molecule has 0 saturated heterocycles. The Labute approximate surface area is 105 Å². The molecule has 2 nitrogen and oxygen atoms in total. The van der Waals surface area contributed by atoms with E-state index in [2.05, 4.69) is 0 Å². The number of alkyl halides is 3. The van der Waals surface area contributed by atoms with E-state index in [1.807, 2.05) is 0 Å². The molecule has 0 amide bonds. The van der Waals surface area contributed by atoms with Crippen molar-refractivity contribution in [3.63, 3.8) is 0 Å². The third kappa shape index (κ3) is 3.13. The first-order valence-corrected chi connectivity index (χ1v) is 5.28. The maximum atomic E-state index is 13.7. The highest BCUT2D eigenvalue weighted by atomic mass is 35.5. The van der Waals surface area contributed by atoms with Gasteiger partial charge in [-0.05, 0) is 26.0 Å². The average molecular weight is 285 g/mol. The number of hydrogen-bond donors (Lipinski definition) is 0. The van der Waals surface area contributed by atoms with E-state index in [0.29, 0.717) is 6.07 Å². The Balaban J connectivity index is 3.29. The van der Waals surface area contributed by atoms with Crippen LogP contribution in [0, 0.1) is 5.82 Å². The summed E-state index contributed by atoms with van der Waals surface area (Å²) < 4.78 is 55.4. The zero-order valence-corrected chi connectivity index (χ0v) is 10.2.